The number of nitrogens with one attached hydrogen (secondary N) is 1. The first-order chi connectivity index (χ1) is 16.1. The molecule has 33 heavy (non-hydrogen) atoms. The number of benzene rings is 2. The molecule has 3 aromatic rings. The minimum absolute atomic E-state index is 0.0460. The maximum Gasteiger partial charge on any atom is 0.262 e. The number of hydrogen-bond acceptors (Lipinski definition) is 5. The van der Waals surface area contributed by atoms with Gasteiger partial charge in [-0.2, -0.15) is 0 Å². The van der Waals surface area contributed by atoms with E-state index in [0.717, 1.165) is 30.2 Å². The van der Waals surface area contributed by atoms with Crippen LogP contribution in [0.15, 0.2) is 60.7 Å². The Bertz CT molecular complexity index is 1040. The summed E-state index contributed by atoms with van der Waals surface area (Å²) in [6.45, 7) is 6.33. The van der Waals surface area contributed by atoms with E-state index in [-0.39, 0.29) is 12.5 Å². The summed E-state index contributed by atoms with van der Waals surface area (Å²) in [5, 5.41) is 11.8. The number of aromatic nitrogens is 2. The zero-order valence-electron chi connectivity index (χ0n) is 19.5. The van der Waals surface area contributed by atoms with E-state index >= 15 is 0 Å². The van der Waals surface area contributed by atoms with Crippen molar-refractivity contribution in [3.8, 4) is 17.0 Å². The van der Waals surface area contributed by atoms with E-state index < -0.39 is 0 Å². The molecule has 0 unspecified atom stereocenters. The number of anilines is 2. The summed E-state index contributed by atoms with van der Waals surface area (Å²) >= 11 is 0. The van der Waals surface area contributed by atoms with Crippen molar-refractivity contribution in [3.63, 3.8) is 0 Å². The van der Waals surface area contributed by atoms with Crippen molar-refractivity contribution < 1.29 is 9.53 Å². The predicted octanol–water partition coefficient (Wildman–Crippen LogP) is 5.66. The van der Waals surface area contributed by atoms with Gasteiger partial charge in [0.2, 0.25) is 0 Å². The fourth-order valence-corrected chi connectivity index (χ4v) is 4.00. The maximum atomic E-state index is 12.4. The molecule has 2 heterocycles. The highest BCUT2D eigenvalue weighted by molar-refractivity contribution is 5.92. The average Bonchev–Trinajstić information content (AvgIpc) is 3.13. The van der Waals surface area contributed by atoms with E-state index in [4.69, 9.17) is 4.74 Å². The van der Waals surface area contributed by atoms with Crippen LogP contribution in [0.2, 0.25) is 0 Å². The largest absolute Gasteiger partial charge is 0.484 e. The lowest BCUT2D eigenvalue weighted by atomic mass is 10.0. The quantitative estimate of drug-likeness (QED) is 0.509. The third-order valence-corrected chi connectivity index (χ3v) is 5.94. The zero-order valence-corrected chi connectivity index (χ0v) is 19.5. The van der Waals surface area contributed by atoms with Crippen LogP contribution in [0.5, 0.6) is 5.75 Å². The van der Waals surface area contributed by atoms with Crippen molar-refractivity contribution in [1.29, 1.82) is 0 Å². The monoisotopic (exact) mass is 444 g/mol. The van der Waals surface area contributed by atoms with Crippen LogP contribution in [0.25, 0.3) is 11.3 Å². The molecule has 0 spiro atoms. The van der Waals surface area contributed by atoms with Crippen molar-refractivity contribution >= 4 is 17.4 Å². The highest BCUT2D eigenvalue weighted by Crippen LogP contribution is 2.23. The Labute approximate surface area is 196 Å². The lowest BCUT2D eigenvalue weighted by Gasteiger charge is -2.20. The lowest BCUT2D eigenvalue weighted by molar-refractivity contribution is -0.118. The molecule has 172 valence electrons. The molecule has 1 saturated heterocycles. The number of ether oxygens (including phenoxy) is 1. The van der Waals surface area contributed by atoms with Gasteiger partial charge in [0, 0.05) is 24.3 Å². The first-order valence-corrected chi connectivity index (χ1v) is 11.8. The van der Waals surface area contributed by atoms with Gasteiger partial charge in [0.1, 0.15) is 5.75 Å². The van der Waals surface area contributed by atoms with E-state index in [2.05, 4.69) is 34.3 Å². The highest BCUT2D eigenvalue weighted by atomic mass is 16.5. The molecule has 1 aliphatic rings. The number of carbonyl (C=O) groups is 1. The molecule has 0 atom stereocenters. The molecule has 2 aromatic carbocycles. The standard InChI is InChI=1S/C27H32N4O2/c1-20(2)21-10-12-24(13-11-21)33-19-27(32)28-23-9-7-8-22(18-23)25-14-15-26(30-29-25)31-16-5-3-4-6-17-31/h7-15,18,20H,3-6,16-17,19H2,1-2H3,(H,28,32). The fourth-order valence-electron chi connectivity index (χ4n) is 4.00. The molecule has 6 nitrogen and oxygen atoms in total. The van der Waals surface area contributed by atoms with Crippen LogP contribution >= 0.6 is 0 Å². The van der Waals surface area contributed by atoms with Crippen LogP contribution in [0.1, 0.15) is 51.0 Å². The number of nitrogens with zero attached hydrogens (tertiary/aromatic N) is 3. The Kier molecular flexibility index (Phi) is 7.55. The first kappa shape index (κ1) is 22.8. The minimum Gasteiger partial charge on any atom is -0.484 e. The van der Waals surface area contributed by atoms with E-state index in [1.807, 2.05) is 60.7 Å². The summed E-state index contributed by atoms with van der Waals surface area (Å²) in [5.74, 6) is 1.87. The summed E-state index contributed by atoms with van der Waals surface area (Å²) in [7, 11) is 0. The minimum atomic E-state index is -0.206. The second kappa shape index (κ2) is 10.9. The van der Waals surface area contributed by atoms with Crippen LogP contribution in [0.3, 0.4) is 0 Å². The van der Waals surface area contributed by atoms with Gasteiger partial charge in [-0.05, 0) is 60.7 Å². The lowest BCUT2D eigenvalue weighted by Crippen LogP contribution is -2.25. The second-order valence-corrected chi connectivity index (χ2v) is 8.82. The summed E-state index contributed by atoms with van der Waals surface area (Å²) in [5.41, 5.74) is 3.64. The van der Waals surface area contributed by atoms with E-state index in [0.29, 0.717) is 17.4 Å². The topological polar surface area (TPSA) is 67.3 Å². The predicted molar refractivity (Wildman–Crippen MR) is 133 cm³/mol. The Morgan fingerprint density at radius 2 is 1.73 bits per heavy atom. The molecule has 0 bridgehead atoms. The molecule has 1 amide bonds. The zero-order chi connectivity index (χ0) is 23.0. The van der Waals surface area contributed by atoms with Crippen molar-refractivity contribution in [3.05, 3.63) is 66.2 Å². The van der Waals surface area contributed by atoms with Crippen molar-refractivity contribution in [2.75, 3.05) is 29.9 Å². The molecule has 6 heteroatoms. The summed E-state index contributed by atoms with van der Waals surface area (Å²) in [4.78, 5) is 14.7. The van der Waals surface area contributed by atoms with Gasteiger partial charge in [-0.15, -0.1) is 10.2 Å². The van der Waals surface area contributed by atoms with Gasteiger partial charge in [0.25, 0.3) is 5.91 Å². The third kappa shape index (κ3) is 6.31. The Morgan fingerprint density at radius 1 is 0.970 bits per heavy atom. The molecule has 4 rings (SSSR count). The van der Waals surface area contributed by atoms with Gasteiger partial charge in [0.05, 0.1) is 5.69 Å². The maximum absolute atomic E-state index is 12.4. The normalized spacial score (nSPS) is 14.1. The van der Waals surface area contributed by atoms with Crippen LogP contribution in [0, 0.1) is 0 Å². The van der Waals surface area contributed by atoms with Crippen molar-refractivity contribution in [1.82, 2.24) is 10.2 Å². The SMILES string of the molecule is CC(C)c1ccc(OCC(=O)Nc2cccc(-c3ccc(N4CCCCCC4)nn3)c2)cc1. The van der Waals surface area contributed by atoms with Gasteiger partial charge in [-0.25, -0.2) is 0 Å². The molecule has 1 fully saturated rings. The highest BCUT2D eigenvalue weighted by Gasteiger charge is 2.12. The van der Waals surface area contributed by atoms with Gasteiger partial charge < -0.3 is 15.0 Å². The molecular formula is C27H32N4O2. The molecule has 0 radical (unpaired) electrons. The summed E-state index contributed by atoms with van der Waals surface area (Å²) in [6.07, 6.45) is 4.99. The van der Waals surface area contributed by atoms with Crippen LogP contribution in [-0.2, 0) is 4.79 Å². The fraction of sp³-hybridized carbons (Fsp3) is 0.370. The smallest absolute Gasteiger partial charge is 0.262 e. The average molecular weight is 445 g/mol. The Morgan fingerprint density at radius 3 is 2.39 bits per heavy atom. The van der Waals surface area contributed by atoms with E-state index in [1.165, 1.54) is 31.2 Å². The van der Waals surface area contributed by atoms with Crippen molar-refractivity contribution in [2.45, 2.75) is 45.4 Å². The third-order valence-electron chi connectivity index (χ3n) is 5.94. The molecule has 0 aliphatic carbocycles. The van der Waals surface area contributed by atoms with Gasteiger partial charge in [-0.1, -0.05) is 51.0 Å². The number of rotatable bonds is 7. The first-order valence-electron chi connectivity index (χ1n) is 11.8. The molecule has 1 N–H and O–H groups in total. The van der Waals surface area contributed by atoms with Crippen LogP contribution in [0.4, 0.5) is 11.5 Å². The van der Waals surface area contributed by atoms with E-state index in [1.54, 1.807) is 0 Å². The number of carbonyl (C=O) groups excluding carboxylic acids is 1. The van der Waals surface area contributed by atoms with Crippen LogP contribution < -0.4 is 15.0 Å². The van der Waals surface area contributed by atoms with Gasteiger partial charge in [-0.3, -0.25) is 4.79 Å². The Hall–Kier alpha value is -3.41. The van der Waals surface area contributed by atoms with E-state index in [9.17, 15) is 4.79 Å². The van der Waals surface area contributed by atoms with Crippen LogP contribution in [-0.4, -0.2) is 35.8 Å². The second-order valence-electron chi connectivity index (χ2n) is 8.82. The molecular weight excluding hydrogens is 412 g/mol. The van der Waals surface area contributed by atoms with Gasteiger partial charge in [0.15, 0.2) is 12.4 Å². The van der Waals surface area contributed by atoms with Crippen molar-refractivity contribution in [2.24, 2.45) is 0 Å². The van der Waals surface area contributed by atoms with Gasteiger partial charge >= 0.3 is 0 Å². The molecule has 1 aromatic heterocycles. The Balaban J connectivity index is 1.34. The molecule has 0 saturated carbocycles. The molecule has 1 aliphatic heterocycles. The summed E-state index contributed by atoms with van der Waals surface area (Å²) in [6, 6.07) is 19.5. The number of amides is 1. The number of hydrogen-bond donors (Lipinski definition) is 1. The summed E-state index contributed by atoms with van der Waals surface area (Å²) < 4.78 is 5.63.